The molecule has 3 amide bonds. The normalized spacial score (nSPS) is 24.8. The van der Waals surface area contributed by atoms with Crippen molar-refractivity contribution in [3.05, 3.63) is 48.0 Å². The van der Waals surface area contributed by atoms with Gasteiger partial charge in [-0.15, -0.1) is 0 Å². The minimum absolute atomic E-state index is 0.188. The van der Waals surface area contributed by atoms with Crippen molar-refractivity contribution < 1.29 is 19.2 Å². The molecule has 6 nitrogen and oxygen atoms in total. The van der Waals surface area contributed by atoms with Crippen LogP contribution >= 0.6 is 0 Å². The first-order valence-electron chi connectivity index (χ1n) is 8.63. The molecule has 1 atom stereocenters. The molecule has 2 fully saturated rings. The summed E-state index contributed by atoms with van der Waals surface area (Å²) in [4.78, 5) is 28.0. The van der Waals surface area contributed by atoms with Crippen LogP contribution in [0.15, 0.2) is 42.5 Å². The molecule has 0 unspecified atom stereocenters. The van der Waals surface area contributed by atoms with Crippen LogP contribution in [0, 0.1) is 0 Å². The Morgan fingerprint density at radius 1 is 1.12 bits per heavy atom. The Bertz CT molecular complexity index is 832. The Balaban J connectivity index is 1.62. The van der Waals surface area contributed by atoms with Crippen molar-refractivity contribution in [2.45, 2.75) is 12.5 Å². The minimum atomic E-state index is -1.02. The van der Waals surface area contributed by atoms with Crippen molar-refractivity contribution >= 4 is 22.7 Å². The van der Waals surface area contributed by atoms with E-state index in [-0.39, 0.29) is 11.9 Å². The minimum Gasteiger partial charge on any atom is -0.370 e. The number of hydrogen-bond acceptors (Lipinski definition) is 3. The number of nitrogens with one attached hydrogen (secondary N) is 2. The van der Waals surface area contributed by atoms with E-state index in [1.807, 2.05) is 42.5 Å². The molecule has 2 saturated heterocycles. The highest BCUT2D eigenvalue weighted by molar-refractivity contribution is 6.07. The van der Waals surface area contributed by atoms with Crippen molar-refractivity contribution in [3.8, 4) is 0 Å². The van der Waals surface area contributed by atoms with Gasteiger partial charge in [0.1, 0.15) is 18.6 Å². The number of carbonyl (C=O) groups excluding carboxylic acids is 2. The summed E-state index contributed by atoms with van der Waals surface area (Å²) in [6, 6.07) is 13.6. The third-order valence-corrected chi connectivity index (χ3v) is 5.18. The number of fused-ring (bicyclic) bond motifs is 1. The van der Waals surface area contributed by atoms with Crippen molar-refractivity contribution in [3.63, 3.8) is 0 Å². The molecule has 0 aliphatic carbocycles. The number of ether oxygens (including phenoxy) is 1. The number of nitrogens with zero attached hydrogens (tertiary/aromatic N) is 1. The molecule has 0 saturated carbocycles. The maximum atomic E-state index is 13.0. The molecule has 4 rings (SSSR count). The van der Waals surface area contributed by atoms with Crippen LogP contribution in [0.5, 0.6) is 0 Å². The van der Waals surface area contributed by atoms with E-state index < -0.39 is 5.54 Å². The fraction of sp³-hybridized carbons (Fsp3) is 0.368. The molecule has 2 N–H and O–H groups in total. The van der Waals surface area contributed by atoms with Crippen molar-refractivity contribution in [1.29, 1.82) is 0 Å². The van der Waals surface area contributed by atoms with Crippen molar-refractivity contribution in [2.75, 3.05) is 33.0 Å². The summed E-state index contributed by atoms with van der Waals surface area (Å²) in [5.74, 6) is -0.188. The molecule has 2 aromatic carbocycles. The molecule has 0 aromatic heterocycles. The van der Waals surface area contributed by atoms with Gasteiger partial charge in [0, 0.05) is 0 Å². The van der Waals surface area contributed by atoms with Gasteiger partial charge in [0.2, 0.25) is 0 Å². The second-order valence-electron chi connectivity index (χ2n) is 6.87. The van der Waals surface area contributed by atoms with E-state index >= 15 is 0 Å². The number of amides is 3. The lowest BCUT2D eigenvalue weighted by atomic mass is 9.90. The SMILES string of the molecule is C[C@@]1(c2ccc3ccccc3c2)NC(=O)N(C[NH+]2CCOCC2)C1=O. The summed E-state index contributed by atoms with van der Waals surface area (Å²) in [7, 11) is 0. The smallest absolute Gasteiger partial charge is 0.329 e. The number of benzene rings is 2. The van der Waals surface area contributed by atoms with Gasteiger partial charge in [-0.3, -0.25) is 4.79 Å². The molecule has 0 bridgehead atoms. The van der Waals surface area contributed by atoms with Gasteiger partial charge in [-0.05, 0) is 29.3 Å². The Morgan fingerprint density at radius 3 is 2.60 bits per heavy atom. The number of quaternary nitrogens is 1. The van der Waals surface area contributed by atoms with Gasteiger partial charge in [0.15, 0.2) is 6.67 Å². The van der Waals surface area contributed by atoms with Crippen molar-refractivity contribution in [2.24, 2.45) is 0 Å². The lowest BCUT2D eigenvalue weighted by Crippen LogP contribution is -3.15. The quantitative estimate of drug-likeness (QED) is 0.799. The summed E-state index contributed by atoms with van der Waals surface area (Å²) < 4.78 is 5.34. The maximum absolute atomic E-state index is 13.0. The third kappa shape index (κ3) is 2.77. The molecule has 6 heteroatoms. The zero-order chi connectivity index (χ0) is 17.4. The lowest BCUT2D eigenvalue weighted by molar-refractivity contribution is -0.915. The summed E-state index contributed by atoms with van der Waals surface area (Å²) >= 11 is 0. The largest absolute Gasteiger partial charge is 0.370 e. The van der Waals surface area contributed by atoms with Gasteiger partial charge >= 0.3 is 6.03 Å². The molecule has 0 radical (unpaired) electrons. The summed E-state index contributed by atoms with van der Waals surface area (Å²) in [5, 5.41) is 5.06. The van der Waals surface area contributed by atoms with E-state index in [2.05, 4.69) is 5.32 Å². The van der Waals surface area contributed by atoms with E-state index in [1.165, 1.54) is 9.80 Å². The number of imide groups is 1. The predicted octanol–water partition coefficient (Wildman–Crippen LogP) is 0.479. The lowest BCUT2D eigenvalue weighted by Gasteiger charge is -2.27. The Hall–Kier alpha value is -2.44. The standard InChI is InChI=1S/C19H21N3O3/c1-19(16-7-6-14-4-2-3-5-15(14)12-16)17(23)22(18(24)20-19)13-21-8-10-25-11-9-21/h2-7,12H,8-11,13H2,1H3,(H,20,24)/p+1/t19-/m0/s1. The molecule has 0 spiro atoms. The number of morpholine rings is 1. The number of urea groups is 1. The second-order valence-corrected chi connectivity index (χ2v) is 6.87. The molecular weight excluding hydrogens is 318 g/mol. The van der Waals surface area contributed by atoms with E-state index in [9.17, 15) is 9.59 Å². The second kappa shape index (κ2) is 6.13. The number of hydrogen-bond donors (Lipinski definition) is 2. The highest BCUT2D eigenvalue weighted by Crippen LogP contribution is 2.30. The molecular formula is C19H22N3O3+. The fourth-order valence-corrected chi connectivity index (χ4v) is 3.58. The Kier molecular flexibility index (Phi) is 3.94. The van der Waals surface area contributed by atoms with Gasteiger partial charge in [0.25, 0.3) is 5.91 Å². The number of carbonyl (C=O) groups is 2. The topological polar surface area (TPSA) is 63.1 Å². The van der Waals surface area contributed by atoms with Crippen molar-refractivity contribution in [1.82, 2.24) is 10.2 Å². The van der Waals surface area contributed by atoms with Gasteiger partial charge < -0.3 is 15.0 Å². The van der Waals surface area contributed by atoms with Crippen LogP contribution in [0.2, 0.25) is 0 Å². The van der Waals surface area contributed by atoms with Crippen LogP contribution < -0.4 is 10.2 Å². The van der Waals surface area contributed by atoms with E-state index in [4.69, 9.17) is 4.74 Å². The van der Waals surface area contributed by atoms with Gasteiger partial charge in [-0.2, -0.15) is 0 Å². The third-order valence-electron chi connectivity index (χ3n) is 5.18. The summed E-state index contributed by atoms with van der Waals surface area (Å²) in [6.07, 6.45) is 0. The highest BCUT2D eigenvalue weighted by atomic mass is 16.5. The first kappa shape index (κ1) is 16.1. The zero-order valence-corrected chi connectivity index (χ0v) is 14.2. The van der Waals surface area contributed by atoms with Crippen LogP contribution in [0.1, 0.15) is 12.5 Å². The van der Waals surface area contributed by atoms with E-state index in [0.29, 0.717) is 19.9 Å². The van der Waals surface area contributed by atoms with Gasteiger partial charge in [-0.25, -0.2) is 9.69 Å². The van der Waals surface area contributed by atoms with E-state index in [1.54, 1.807) is 6.92 Å². The van der Waals surface area contributed by atoms with Crippen LogP contribution in [0.3, 0.4) is 0 Å². The fourth-order valence-electron chi connectivity index (χ4n) is 3.58. The van der Waals surface area contributed by atoms with Gasteiger partial charge in [-0.1, -0.05) is 36.4 Å². The van der Waals surface area contributed by atoms with Crippen LogP contribution in [-0.2, 0) is 15.1 Å². The van der Waals surface area contributed by atoms with E-state index in [0.717, 1.165) is 29.4 Å². The zero-order valence-electron chi connectivity index (χ0n) is 14.2. The van der Waals surface area contributed by atoms with Gasteiger partial charge in [0.05, 0.1) is 13.2 Å². The first-order valence-corrected chi connectivity index (χ1v) is 8.63. The molecule has 2 aromatic rings. The average Bonchev–Trinajstić information content (AvgIpc) is 2.86. The Labute approximate surface area is 146 Å². The highest BCUT2D eigenvalue weighted by Gasteiger charge is 2.50. The summed E-state index contributed by atoms with van der Waals surface area (Å²) in [6.45, 7) is 5.12. The molecule has 25 heavy (non-hydrogen) atoms. The Morgan fingerprint density at radius 2 is 1.84 bits per heavy atom. The monoisotopic (exact) mass is 340 g/mol. The molecule has 2 heterocycles. The molecule has 2 aliphatic rings. The van der Waals surface area contributed by atoms with Crippen LogP contribution in [0.4, 0.5) is 4.79 Å². The molecule has 130 valence electrons. The van der Waals surface area contributed by atoms with Crippen LogP contribution in [0.25, 0.3) is 10.8 Å². The number of rotatable bonds is 3. The maximum Gasteiger partial charge on any atom is 0.329 e. The predicted molar refractivity (Wildman–Crippen MR) is 93.1 cm³/mol. The first-order chi connectivity index (χ1) is 12.1. The average molecular weight is 340 g/mol. The summed E-state index contributed by atoms with van der Waals surface area (Å²) in [5.41, 5.74) is -0.212. The van der Waals surface area contributed by atoms with Crippen LogP contribution in [-0.4, -0.2) is 49.8 Å². The molecule has 2 aliphatic heterocycles.